The number of nitrogens with zero attached hydrogens (tertiary/aromatic N) is 8. The van der Waals surface area contributed by atoms with Gasteiger partial charge in [-0.2, -0.15) is 0 Å². The number of para-hydroxylation sites is 11. The molecular weight excluding hydrogens is 1240 g/mol. The molecule has 0 atom stereocenters. The van der Waals surface area contributed by atoms with Crippen molar-refractivity contribution in [2.24, 2.45) is 0 Å². The number of aromatic nitrogens is 8. The highest BCUT2D eigenvalue weighted by molar-refractivity contribution is 6.27. The molecule has 0 unspecified atom stereocenters. The second-order valence-electron chi connectivity index (χ2n) is 26.7. The summed E-state index contributed by atoms with van der Waals surface area (Å²) in [5.74, 6) is 0.551. The van der Waals surface area contributed by atoms with Gasteiger partial charge >= 0.3 is 0 Å². The number of hydrogen-bond acceptors (Lipinski definition) is 2. The lowest BCUT2D eigenvalue weighted by Crippen LogP contribution is -2.19. The first-order valence-corrected chi connectivity index (χ1v) is 34.9. The van der Waals surface area contributed by atoms with Crippen molar-refractivity contribution in [1.29, 1.82) is 0 Å². The molecule has 0 fully saturated rings. The fraction of sp³-hybridized carbons (Fsp3) is 0. The van der Waals surface area contributed by atoms with Crippen molar-refractivity contribution in [2.75, 3.05) is 0 Å². The van der Waals surface area contributed by atoms with E-state index >= 15 is 0 Å². The average molecular weight is 1300 g/mol. The van der Waals surface area contributed by atoms with Gasteiger partial charge in [0, 0.05) is 81.4 Å². The van der Waals surface area contributed by atoms with E-state index in [1.807, 2.05) is 0 Å². The molecule has 22 rings (SSSR count). The van der Waals surface area contributed by atoms with Gasteiger partial charge in [-0.15, -0.1) is 0 Å². The Kier molecular flexibility index (Phi) is 12.0. The summed E-state index contributed by atoms with van der Waals surface area (Å²) < 4.78 is 15.6. The molecule has 0 N–H and O–H groups in total. The van der Waals surface area contributed by atoms with E-state index in [0.29, 0.717) is 5.82 Å². The zero-order chi connectivity index (χ0) is 66.7. The molecule has 8 nitrogen and oxygen atoms in total. The monoisotopic (exact) mass is 1300 g/mol. The van der Waals surface area contributed by atoms with Crippen LogP contribution in [0.1, 0.15) is 0 Å². The summed E-state index contributed by atoms with van der Waals surface area (Å²) in [5, 5.41) is 13.5. The van der Waals surface area contributed by atoms with E-state index in [-0.39, 0.29) is 0 Å². The third-order valence-corrected chi connectivity index (χ3v) is 21.4. The molecule has 0 aliphatic rings. The third kappa shape index (κ3) is 7.91. The molecule has 15 aromatic carbocycles. The first-order chi connectivity index (χ1) is 50.7. The minimum absolute atomic E-state index is 0.551. The van der Waals surface area contributed by atoms with Crippen molar-refractivity contribution >= 4 is 131 Å². The molecule has 8 heteroatoms. The highest BCUT2D eigenvalue weighted by atomic mass is 15.2. The van der Waals surface area contributed by atoms with Gasteiger partial charge in [0.15, 0.2) is 5.82 Å². The minimum Gasteiger partial charge on any atom is -0.309 e. The van der Waals surface area contributed by atoms with Crippen LogP contribution in [0, 0.1) is 0 Å². The van der Waals surface area contributed by atoms with Gasteiger partial charge in [-0.1, -0.05) is 267 Å². The molecule has 102 heavy (non-hydrogen) atoms. The Bertz CT molecular complexity index is 6720. The van der Waals surface area contributed by atoms with Crippen LogP contribution >= 0.6 is 0 Å². The molecule has 0 amide bonds. The Morgan fingerprint density at radius 2 is 0.451 bits per heavy atom. The quantitative estimate of drug-likeness (QED) is 0.145. The van der Waals surface area contributed by atoms with Crippen LogP contribution in [0.4, 0.5) is 0 Å². The molecule has 0 bridgehead atoms. The van der Waals surface area contributed by atoms with Gasteiger partial charge in [-0.3, -0.25) is 0 Å². The molecule has 0 aliphatic carbocycles. The van der Waals surface area contributed by atoms with Crippen molar-refractivity contribution in [2.45, 2.75) is 0 Å². The van der Waals surface area contributed by atoms with Crippen LogP contribution in [0.15, 0.2) is 352 Å². The number of benzene rings is 15. The predicted molar refractivity (Wildman–Crippen MR) is 424 cm³/mol. The number of rotatable bonds is 9. The first-order valence-electron chi connectivity index (χ1n) is 34.9. The zero-order valence-electron chi connectivity index (χ0n) is 55.1. The second kappa shape index (κ2) is 21.8. The second-order valence-corrected chi connectivity index (χ2v) is 26.7. The standard InChI is InChI=1S/C94H58N8/c1-4-30-59(31-5-1)73-58-74(60-32-6-2-7-33-60)96-94(95-73)87-89(98-75-46-20-10-36-62(75)63-37-11-21-47-76(63)98)91(100-79-50-24-14-40-66(79)67-41-15-25-51-80(67)100)93(102-83-54-28-18-44-70(83)71-56-57-85-86(88(71)102)72-45-19-29-55-84(72)97(85)61-34-8-3-9-35-61)92(101-81-52-26-16-42-68(81)69-43-17-27-53-82(69)101)90(87)99-77-48-22-12-38-64(77)65-39-13-23-49-78(65)99/h1-58H. The lowest BCUT2D eigenvalue weighted by molar-refractivity contribution is 0.995. The van der Waals surface area contributed by atoms with E-state index in [2.05, 4.69) is 379 Å². The van der Waals surface area contributed by atoms with Crippen molar-refractivity contribution in [1.82, 2.24) is 37.4 Å². The summed E-state index contributed by atoms with van der Waals surface area (Å²) in [7, 11) is 0. The summed E-state index contributed by atoms with van der Waals surface area (Å²) >= 11 is 0. The summed E-state index contributed by atoms with van der Waals surface area (Å²) in [5.41, 5.74) is 22.7. The summed E-state index contributed by atoms with van der Waals surface area (Å²) in [4.78, 5) is 12.4. The van der Waals surface area contributed by atoms with E-state index in [1.54, 1.807) is 0 Å². The summed E-state index contributed by atoms with van der Waals surface area (Å²) in [6, 6.07) is 129. The van der Waals surface area contributed by atoms with Crippen molar-refractivity contribution in [3.63, 3.8) is 0 Å². The molecule has 0 aliphatic heterocycles. The zero-order valence-corrected chi connectivity index (χ0v) is 55.1. The van der Waals surface area contributed by atoms with Gasteiger partial charge in [0.1, 0.15) is 0 Å². The Morgan fingerprint density at radius 3 is 0.804 bits per heavy atom. The maximum absolute atomic E-state index is 6.19. The molecule has 7 aromatic heterocycles. The molecule has 0 spiro atoms. The van der Waals surface area contributed by atoms with Gasteiger partial charge in [0.25, 0.3) is 0 Å². The molecule has 0 radical (unpaired) electrons. The fourth-order valence-corrected chi connectivity index (χ4v) is 17.3. The summed E-state index contributed by atoms with van der Waals surface area (Å²) in [6.45, 7) is 0. The van der Waals surface area contributed by atoms with Crippen molar-refractivity contribution in [3.05, 3.63) is 352 Å². The Morgan fingerprint density at radius 1 is 0.186 bits per heavy atom. The van der Waals surface area contributed by atoms with Gasteiger partial charge in [-0.25, -0.2) is 9.97 Å². The van der Waals surface area contributed by atoms with E-state index in [4.69, 9.17) is 9.97 Å². The van der Waals surface area contributed by atoms with Crippen molar-refractivity contribution in [3.8, 4) is 68.0 Å². The van der Waals surface area contributed by atoms with E-state index < -0.39 is 0 Å². The van der Waals surface area contributed by atoms with Gasteiger partial charge in [-0.05, 0) is 84.9 Å². The largest absolute Gasteiger partial charge is 0.309 e. The van der Waals surface area contributed by atoms with Crippen molar-refractivity contribution < 1.29 is 0 Å². The highest BCUT2D eigenvalue weighted by Crippen LogP contribution is 2.55. The molecule has 22 aromatic rings. The molecule has 7 heterocycles. The predicted octanol–water partition coefficient (Wildman–Crippen LogP) is 24.1. The first kappa shape index (κ1) is 56.2. The Labute approximate surface area is 584 Å². The molecule has 0 saturated heterocycles. The van der Waals surface area contributed by atoms with Crippen LogP contribution in [0.5, 0.6) is 0 Å². The smallest absolute Gasteiger partial charge is 0.164 e. The maximum Gasteiger partial charge on any atom is 0.164 e. The average Bonchev–Trinajstić information content (AvgIpc) is 1.41. The Balaban J connectivity index is 1.13. The van der Waals surface area contributed by atoms with Gasteiger partial charge < -0.3 is 27.4 Å². The van der Waals surface area contributed by atoms with Crippen LogP contribution in [0.3, 0.4) is 0 Å². The van der Waals surface area contributed by atoms with Crippen LogP contribution in [-0.2, 0) is 0 Å². The van der Waals surface area contributed by atoms with Crippen LogP contribution in [0.2, 0.25) is 0 Å². The maximum atomic E-state index is 6.19. The molecule has 474 valence electrons. The molecule has 0 saturated carbocycles. The number of hydrogen-bond donors (Lipinski definition) is 0. The Hall–Kier alpha value is -13.8. The van der Waals surface area contributed by atoms with Crippen LogP contribution in [0.25, 0.3) is 199 Å². The van der Waals surface area contributed by atoms with E-state index in [0.717, 1.165) is 193 Å². The normalized spacial score (nSPS) is 12.1. The SMILES string of the molecule is c1ccc(-c2cc(-c3ccccc3)nc(-c3c(-n4c5ccccc5c5ccccc54)c(-n4c5ccccc5c5ccccc54)c(-n4c5ccccc5c5ccc6c(c7ccccc7n6-c6ccccc6)c54)c(-n4c5ccccc5c5ccccc54)c3-n3c4ccccc4c4ccccc43)n2)cc1. The minimum atomic E-state index is 0.551. The lowest BCUT2D eigenvalue weighted by atomic mass is 9.98. The van der Waals surface area contributed by atoms with Gasteiger partial charge in [0.05, 0.1) is 112 Å². The van der Waals surface area contributed by atoms with Crippen LogP contribution in [-0.4, -0.2) is 37.4 Å². The third-order valence-electron chi connectivity index (χ3n) is 21.4. The van der Waals surface area contributed by atoms with Crippen LogP contribution < -0.4 is 0 Å². The topological polar surface area (TPSA) is 55.4 Å². The lowest BCUT2D eigenvalue weighted by Gasteiger charge is -2.31. The van der Waals surface area contributed by atoms with E-state index in [1.165, 1.54) is 0 Å². The number of fused-ring (bicyclic) bond motifs is 19. The summed E-state index contributed by atoms with van der Waals surface area (Å²) in [6.07, 6.45) is 0. The van der Waals surface area contributed by atoms with E-state index in [9.17, 15) is 0 Å². The molecular formula is C94H58N8. The van der Waals surface area contributed by atoms with Gasteiger partial charge in [0.2, 0.25) is 0 Å². The fourth-order valence-electron chi connectivity index (χ4n) is 17.3. The highest BCUT2D eigenvalue weighted by Gasteiger charge is 2.38.